The van der Waals surface area contributed by atoms with Crippen LogP contribution in [0.25, 0.3) is 0 Å². The molecule has 2 fully saturated rings. The lowest BCUT2D eigenvalue weighted by atomic mass is 9.89. The zero-order valence-electron chi connectivity index (χ0n) is 11.9. The average molecular weight is 288 g/mol. The molecule has 3 rings (SSSR count). The summed E-state index contributed by atoms with van der Waals surface area (Å²) < 4.78 is 0. The van der Waals surface area contributed by atoms with Crippen LogP contribution in [0.15, 0.2) is 30.3 Å². The van der Waals surface area contributed by atoms with Crippen LogP contribution in [0, 0.1) is 0 Å². The maximum absolute atomic E-state index is 12.2. The Balaban J connectivity index is 1.85. The molecule has 1 spiro atoms. The Kier molecular flexibility index (Phi) is 3.78. The third-order valence-corrected chi connectivity index (χ3v) is 4.61. The maximum atomic E-state index is 12.2. The van der Waals surface area contributed by atoms with Crippen molar-refractivity contribution in [3.8, 4) is 0 Å². The fourth-order valence-electron chi connectivity index (χ4n) is 3.56. The van der Waals surface area contributed by atoms with Crippen molar-refractivity contribution >= 4 is 11.8 Å². The molecule has 1 saturated carbocycles. The van der Waals surface area contributed by atoms with E-state index in [0.29, 0.717) is 19.5 Å². The first-order chi connectivity index (χ1) is 10.1. The van der Waals surface area contributed by atoms with E-state index in [2.05, 4.69) is 5.32 Å². The SMILES string of the molecule is O=C(O)CN1CC2(CCCC2=O)NC[C@H]1c1ccccc1. The first-order valence-corrected chi connectivity index (χ1v) is 7.40. The average Bonchev–Trinajstić information content (AvgIpc) is 2.80. The number of hydrogen-bond donors (Lipinski definition) is 2. The number of nitrogens with zero attached hydrogens (tertiary/aromatic N) is 1. The minimum Gasteiger partial charge on any atom is -0.480 e. The second kappa shape index (κ2) is 5.58. The van der Waals surface area contributed by atoms with E-state index < -0.39 is 11.5 Å². The summed E-state index contributed by atoms with van der Waals surface area (Å²) in [6.07, 6.45) is 2.30. The Bertz CT molecular complexity index is 546. The van der Waals surface area contributed by atoms with Crippen molar-refractivity contribution in [1.82, 2.24) is 10.2 Å². The maximum Gasteiger partial charge on any atom is 0.317 e. The monoisotopic (exact) mass is 288 g/mol. The molecule has 1 heterocycles. The number of ketones is 1. The molecule has 2 atom stereocenters. The number of Topliss-reactive ketones (excluding diaryl/α,β-unsaturated/α-hetero) is 1. The molecule has 21 heavy (non-hydrogen) atoms. The number of aliphatic carboxylic acids is 1. The van der Waals surface area contributed by atoms with Gasteiger partial charge in [0.05, 0.1) is 12.1 Å². The molecule has 1 aromatic carbocycles. The Morgan fingerprint density at radius 1 is 1.38 bits per heavy atom. The third-order valence-electron chi connectivity index (χ3n) is 4.61. The number of piperazine rings is 1. The van der Waals surface area contributed by atoms with Gasteiger partial charge in [-0.3, -0.25) is 14.5 Å². The molecular weight excluding hydrogens is 268 g/mol. The van der Waals surface area contributed by atoms with Crippen molar-refractivity contribution in [3.63, 3.8) is 0 Å². The van der Waals surface area contributed by atoms with E-state index in [-0.39, 0.29) is 18.4 Å². The van der Waals surface area contributed by atoms with Crippen LogP contribution in [0.4, 0.5) is 0 Å². The van der Waals surface area contributed by atoms with E-state index in [1.165, 1.54) is 0 Å². The van der Waals surface area contributed by atoms with Crippen molar-refractivity contribution in [2.45, 2.75) is 30.8 Å². The van der Waals surface area contributed by atoms with Gasteiger partial charge < -0.3 is 10.4 Å². The predicted octanol–water partition coefficient (Wildman–Crippen LogP) is 1.21. The molecule has 1 aliphatic heterocycles. The number of carbonyl (C=O) groups is 2. The fraction of sp³-hybridized carbons (Fsp3) is 0.500. The van der Waals surface area contributed by atoms with Crippen LogP contribution in [0.3, 0.4) is 0 Å². The molecule has 2 N–H and O–H groups in total. The second-order valence-electron chi connectivity index (χ2n) is 5.96. The van der Waals surface area contributed by atoms with Crippen LogP contribution in [-0.4, -0.2) is 46.9 Å². The van der Waals surface area contributed by atoms with Crippen molar-refractivity contribution in [3.05, 3.63) is 35.9 Å². The molecule has 0 bridgehead atoms. The van der Waals surface area contributed by atoms with Gasteiger partial charge in [0.1, 0.15) is 0 Å². The van der Waals surface area contributed by atoms with Gasteiger partial charge in [0.2, 0.25) is 0 Å². The lowest BCUT2D eigenvalue weighted by Crippen LogP contribution is -2.64. The number of carboxylic acid groups (broad SMARTS) is 1. The summed E-state index contributed by atoms with van der Waals surface area (Å²) >= 11 is 0. The van der Waals surface area contributed by atoms with Gasteiger partial charge in [-0.15, -0.1) is 0 Å². The van der Waals surface area contributed by atoms with E-state index in [0.717, 1.165) is 18.4 Å². The van der Waals surface area contributed by atoms with Crippen LogP contribution < -0.4 is 5.32 Å². The summed E-state index contributed by atoms with van der Waals surface area (Å²) in [5, 5.41) is 12.6. The molecule has 0 aromatic heterocycles. The van der Waals surface area contributed by atoms with E-state index >= 15 is 0 Å². The van der Waals surface area contributed by atoms with Gasteiger partial charge in [0.15, 0.2) is 5.78 Å². The van der Waals surface area contributed by atoms with E-state index in [9.17, 15) is 14.7 Å². The predicted molar refractivity (Wildman–Crippen MR) is 78.0 cm³/mol. The van der Waals surface area contributed by atoms with Gasteiger partial charge in [-0.2, -0.15) is 0 Å². The Morgan fingerprint density at radius 2 is 2.14 bits per heavy atom. The first-order valence-electron chi connectivity index (χ1n) is 7.40. The lowest BCUT2D eigenvalue weighted by molar-refractivity contribution is -0.141. The van der Waals surface area contributed by atoms with Crippen molar-refractivity contribution in [2.24, 2.45) is 0 Å². The standard InChI is InChI=1S/C16H20N2O3/c19-14-7-4-8-16(14)11-18(10-15(20)21)13(9-17-16)12-5-2-1-3-6-12/h1-3,5-6,13,17H,4,7-11H2,(H,20,21)/t13-,16?/m0/s1. The number of carboxylic acids is 1. The Hall–Kier alpha value is -1.72. The molecular formula is C16H20N2O3. The van der Waals surface area contributed by atoms with Crippen molar-refractivity contribution in [1.29, 1.82) is 0 Å². The summed E-state index contributed by atoms with van der Waals surface area (Å²) in [6.45, 7) is 1.07. The van der Waals surface area contributed by atoms with E-state index in [4.69, 9.17) is 0 Å². The molecule has 112 valence electrons. The number of nitrogens with one attached hydrogen (secondary N) is 1. The summed E-state index contributed by atoms with van der Waals surface area (Å²) in [5.74, 6) is -0.622. The summed E-state index contributed by atoms with van der Waals surface area (Å²) in [5.41, 5.74) is 0.562. The minimum absolute atomic E-state index is 0.00123. The highest BCUT2D eigenvalue weighted by atomic mass is 16.4. The molecule has 1 unspecified atom stereocenters. The Labute approximate surface area is 123 Å². The van der Waals surface area contributed by atoms with Gasteiger partial charge in [0, 0.05) is 25.6 Å². The smallest absolute Gasteiger partial charge is 0.317 e. The van der Waals surface area contributed by atoms with Crippen LogP contribution in [0.1, 0.15) is 30.9 Å². The topological polar surface area (TPSA) is 69.6 Å². The van der Waals surface area contributed by atoms with Gasteiger partial charge in [0.25, 0.3) is 0 Å². The zero-order chi connectivity index (χ0) is 14.9. The van der Waals surface area contributed by atoms with Gasteiger partial charge in [-0.25, -0.2) is 0 Å². The molecule has 0 amide bonds. The summed E-state index contributed by atoms with van der Waals surface area (Å²) in [4.78, 5) is 25.3. The largest absolute Gasteiger partial charge is 0.480 e. The number of benzene rings is 1. The molecule has 5 nitrogen and oxygen atoms in total. The number of carbonyl (C=O) groups excluding carboxylic acids is 1. The zero-order valence-corrected chi connectivity index (χ0v) is 11.9. The van der Waals surface area contributed by atoms with Crippen molar-refractivity contribution in [2.75, 3.05) is 19.6 Å². The highest BCUT2D eigenvalue weighted by Crippen LogP contribution is 2.34. The minimum atomic E-state index is -0.849. The van der Waals surface area contributed by atoms with Crippen LogP contribution in [-0.2, 0) is 9.59 Å². The third kappa shape index (κ3) is 2.71. The second-order valence-corrected chi connectivity index (χ2v) is 5.96. The van der Waals surface area contributed by atoms with Gasteiger partial charge in [-0.1, -0.05) is 30.3 Å². The van der Waals surface area contributed by atoms with E-state index in [1.807, 2.05) is 35.2 Å². The highest BCUT2D eigenvalue weighted by Gasteiger charge is 2.47. The molecule has 0 radical (unpaired) electrons. The number of rotatable bonds is 3. The molecule has 1 saturated heterocycles. The van der Waals surface area contributed by atoms with Gasteiger partial charge >= 0.3 is 5.97 Å². The fourth-order valence-corrected chi connectivity index (χ4v) is 3.56. The van der Waals surface area contributed by atoms with Crippen molar-refractivity contribution < 1.29 is 14.7 Å². The number of hydrogen-bond acceptors (Lipinski definition) is 4. The highest BCUT2D eigenvalue weighted by molar-refractivity contribution is 5.91. The van der Waals surface area contributed by atoms with Gasteiger partial charge in [-0.05, 0) is 18.4 Å². The molecule has 2 aliphatic rings. The lowest BCUT2D eigenvalue weighted by Gasteiger charge is -2.45. The molecule has 1 aromatic rings. The quantitative estimate of drug-likeness (QED) is 0.875. The normalized spacial score (nSPS) is 29.9. The summed E-state index contributed by atoms with van der Waals surface area (Å²) in [6, 6.07) is 9.88. The van der Waals surface area contributed by atoms with Crippen LogP contribution >= 0.6 is 0 Å². The molecule has 5 heteroatoms. The first kappa shape index (κ1) is 14.2. The van der Waals surface area contributed by atoms with Crippen LogP contribution in [0.2, 0.25) is 0 Å². The van der Waals surface area contributed by atoms with E-state index in [1.54, 1.807) is 0 Å². The van der Waals surface area contributed by atoms with Crippen LogP contribution in [0.5, 0.6) is 0 Å². The molecule has 1 aliphatic carbocycles. The Morgan fingerprint density at radius 3 is 2.76 bits per heavy atom. The summed E-state index contributed by atoms with van der Waals surface area (Å²) in [7, 11) is 0.